The molecule has 8 rings (SSSR count). The van der Waals surface area contributed by atoms with E-state index in [1.54, 1.807) is 110 Å². The van der Waals surface area contributed by atoms with E-state index in [2.05, 4.69) is 50.3 Å². The van der Waals surface area contributed by atoms with Crippen molar-refractivity contribution in [2.75, 3.05) is 42.7 Å². The molecule has 2 aromatic carbocycles. The van der Waals surface area contributed by atoms with Crippen molar-refractivity contribution in [3.8, 4) is 57.7 Å². The first-order valence-corrected chi connectivity index (χ1v) is 26.2. The Bertz CT molecular complexity index is 3170. The monoisotopic (exact) mass is 1050 g/mol. The van der Waals surface area contributed by atoms with Crippen LogP contribution in [0.4, 0.5) is 0 Å². The number of pyridine rings is 2. The van der Waals surface area contributed by atoms with Gasteiger partial charge in [0.1, 0.15) is 46.6 Å². The normalized spacial score (nSPS) is 13.2. The van der Waals surface area contributed by atoms with Crippen molar-refractivity contribution in [3.63, 3.8) is 0 Å². The maximum atomic E-state index is 13.6. The van der Waals surface area contributed by atoms with Crippen molar-refractivity contribution in [2.24, 2.45) is 0 Å². The third-order valence-electron chi connectivity index (χ3n) is 11.8. The lowest BCUT2D eigenvalue weighted by molar-refractivity contribution is 0.0982. The second-order valence-electron chi connectivity index (χ2n) is 16.5. The molecule has 0 amide bonds. The minimum absolute atomic E-state index is 0.195. The zero-order valence-corrected chi connectivity index (χ0v) is 44.0. The number of methoxy groups -OCH3 is 6. The molecule has 22 nitrogen and oxygen atoms in total. The third-order valence-corrected chi connectivity index (χ3v) is 15.9. The average Bonchev–Trinajstić information content (AvgIpc) is 4.03. The molecule has 24 heteroatoms. The second-order valence-corrected chi connectivity index (χ2v) is 21.2. The summed E-state index contributed by atoms with van der Waals surface area (Å²) in [6, 6.07) is 24.9. The largest absolute Gasteiger partial charge is 0.495 e. The van der Waals surface area contributed by atoms with Crippen LogP contribution < -0.4 is 18.9 Å². The molecule has 0 N–H and O–H groups in total. The first-order chi connectivity index (χ1) is 35.6. The molecule has 0 bridgehead atoms. The Labute approximate surface area is 429 Å². The summed E-state index contributed by atoms with van der Waals surface area (Å²) >= 11 is 0. The SMILES string of the molecule is COc1cccc(-c2nnc(CS(=O)(=O)[C@@H](C)[C@H](OC)c3cnc(C)cn3)n2-c2ccccc2OC)n1.COc1cccc(-c2nnc(CS(=O)(=O)[C@@H](C)[C@H](OC)c3cnc(C)cn3)n2-c2ccccc2OC)n1. The minimum atomic E-state index is -3.82. The molecule has 0 saturated heterocycles. The first kappa shape index (κ1) is 54.0. The summed E-state index contributed by atoms with van der Waals surface area (Å²) in [6.45, 7) is 6.77. The lowest BCUT2D eigenvalue weighted by atomic mass is 10.2. The summed E-state index contributed by atoms with van der Waals surface area (Å²) in [5, 5.41) is 15.3. The number of nitrogens with zero attached hydrogens (tertiary/aromatic N) is 12. The average molecular weight is 1050 g/mol. The van der Waals surface area contributed by atoms with E-state index in [1.807, 2.05) is 24.3 Å². The Morgan fingerprint density at radius 2 is 0.865 bits per heavy atom. The van der Waals surface area contributed by atoms with E-state index in [0.29, 0.717) is 69.1 Å². The maximum absolute atomic E-state index is 13.6. The summed E-state index contributed by atoms with van der Waals surface area (Å²) in [5.74, 6) is 2.05. The molecule has 0 aliphatic rings. The molecule has 0 fully saturated rings. The van der Waals surface area contributed by atoms with Crippen molar-refractivity contribution in [3.05, 3.63) is 144 Å². The van der Waals surface area contributed by atoms with Gasteiger partial charge in [-0.15, -0.1) is 20.4 Å². The van der Waals surface area contributed by atoms with Gasteiger partial charge in [0.2, 0.25) is 11.8 Å². The van der Waals surface area contributed by atoms with Crippen molar-refractivity contribution < 1.29 is 45.3 Å². The third kappa shape index (κ3) is 12.0. The number of aryl methyl sites for hydroxylation is 2. The van der Waals surface area contributed by atoms with E-state index >= 15 is 0 Å². The molecule has 0 radical (unpaired) electrons. The molecule has 0 spiro atoms. The minimum Gasteiger partial charge on any atom is -0.495 e. The van der Waals surface area contributed by atoms with Gasteiger partial charge in [0.15, 0.2) is 43.0 Å². The number of hydrogen-bond acceptors (Lipinski definition) is 20. The number of rotatable bonds is 20. The first-order valence-electron chi connectivity index (χ1n) is 22.8. The zero-order valence-electron chi connectivity index (χ0n) is 42.4. The van der Waals surface area contributed by atoms with Crippen LogP contribution >= 0.6 is 0 Å². The molecule has 0 unspecified atom stereocenters. The highest BCUT2D eigenvalue weighted by molar-refractivity contribution is 7.91. The molecular formula is C50H56N12O10S2. The molecule has 0 aliphatic heterocycles. The van der Waals surface area contributed by atoms with Crippen molar-refractivity contribution in [2.45, 2.75) is 61.9 Å². The number of aromatic nitrogens is 12. The van der Waals surface area contributed by atoms with Crippen LogP contribution in [0.15, 0.2) is 110 Å². The molecule has 8 aromatic rings. The molecule has 0 saturated carbocycles. The van der Waals surface area contributed by atoms with Gasteiger partial charge in [-0.25, -0.2) is 26.8 Å². The Hall–Kier alpha value is -7.80. The van der Waals surface area contributed by atoms with Crippen molar-refractivity contribution in [1.29, 1.82) is 0 Å². The van der Waals surface area contributed by atoms with E-state index in [9.17, 15) is 16.8 Å². The highest BCUT2D eigenvalue weighted by atomic mass is 32.2. The summed E-state index contributed by atoms with van der Waals surface area (Å²) in [5.41, 5.74) is 4.35. The topological polar surface area (TPSA) is 262 Å². The lowest BCUT2D eigenvalue weighted by Gasteiger charge is -2.22. The summed E-state index contributed by atoms with van der Waals surface area (Å²) < 4.78 is 90.6. The molecule has 6 aromatic heterocycles. The number of sulfone groups is 2. The number of para-hydroxylation sites is 4. The Morgan fingerprint density at radius 3 is 1.20 bits per heavy atom. The van der Waals surface area contributed by atoms with E-state index in [0.717, 1.165) is 11.4 Å². The fraction of sp³-hybridized carbons (Fsp3) is 0.320. The summed E-state index contributed by atoms with van der Waals surface area (Å²) in [4.78, 5) is 26.0. The lowest BCUT2D eigenvalue weighted by Crippen LogP contribution is -2.29. The van der Waals surface area contributed by atoms with Crippen LogP contribution in [0.25, 0.3) is 34.4 Å². The number of benzene rings is 2. The van der Waals surface area contributed by atoms with Crippen LogP contribution in [0.5, 0.6) is 23.3 Å². The highest BCUT2D eigenvalue weighted by Crippen LogP contribution is 2.34. The van der Waals surface area contributed by atoms with Crippen LogP contribution in [-0.2, 0) is 40.7 Å². The van der Waals surface area contributed by atoms with Gasteiger partial charge in [-0.2, -0.15) is 0 Å². The van der Waals surface area contributed by atoms with Crippen LogP contribution in [0.2, 0.25) is 0 Å². The van der Waals surface area contributed by atoms with Gasteiger partial charge >= 0.3 is 0 Å². The Balaban J connectivity index is 0.000000216. The fourth-order valence-electron chi connectivity index (χ4n) is 7.80. The molecule has 4 atom stereocenters. The van der Waals surface area contributed by atoms with E-state index < -0.39 is 53.9 Å². The molecule has 0 aliphatic carbocycles. The van der Waals surface area contributed by atoms with Crippen LogP contribution in [0.3, 0.4) is 0 Å². The van der Waals surface area contributed by atoms with Gasteiger partial charge in [-0.3, -0.25) is 29.1 Å². The van der Waals surface area contributed by atoms with Gasteiger partial charge in [0, 0.05) is 38.7 Å². The van der Waals surface area contributed by atoms with Gasteiger partial charge in [0.05, 0.1) is 85.5 Å². The standard InChI is InChI=1S/2C25H28N6O5S/c2*1-16-13-27-19(14-26-16)24(36-5)17(2)37(32,33)15-22-29-30-25(18-9-8-12-23(28-18)35-4)31(22)20-10-6-7-11-21(20)34-3/h2*6-14,17,24H,15H2,1-5H3/t2*17-,24-/m00/s1. The zero-order chi connectivity index (χ0) is 53.2. The second kappa shape index (κ2) is 23.8. The van der Waals surface area contributed by atoms with Crippen LogP contribution in [0, 0.1) is 13.8 Å². The maximum Gasteiger partial charge on any atom is 0.213 e. The molecule has 6 heterocycles. The van der Waals surface area contributed by atoms with E-state index in [4.69, 9.17) is 28.4 Å². The smallest absolute Gasteiger partial charge is 0.213 e. The number of ether oxygens (including phenoxy) is 6. The van der Waals surface area contributed by atoms with E-state index in [1.165, 1.54) is 55.1 Å². The number of hydrogen-bond donors (Lipinski definition) is 0. The predicted octanol–water partition coefficient (Wildman–Crippen LogP) is 6.27. The fourth-order valence-corrected chi connectivity index (χ4v) is 10.7. The molecule has 74 heavy (non-hydrogen) atoms. The summed E-state index contributed by atoms with van der Waals surface area (Å²) in [6.07, 6.45) is 4.57. The van der Waals surface area contributed by atoms with Gasteiger partial charge in [-0.1, -0.05) is 36.4 Å². The Morgan fingerprint density at radius 1 is 0.473 bits per heavy atom. The van der Waals surface area contributed by atoms with Gasteiger partial charge in [0.25, 0.3) is 0 Å². The quantitative estimate of drug-likeness (QED) is 0.0814. The Kier molecular flexibility index (Phi) is 17.4. The van der Waals surface area contributed by atoms with Gasteiger partial charge in [-0.05, 0) is 64.1 Å². The van der Waals surface area contributed by atoms with E-state index in [-0.39, 0.29) is 11.6 Å². The molecule has 388 valence electrons. The van der Waals surface area contributed by atoms with Crippen LogP contribution in [0.1, 0.15) is 60.5 Å². The van der Waals surface area contributed by atoms with Gasteiger partial charge < -0.3 is 28.4 Å². The highest BCUT2D eigenvalue weighted by Gasteiger charge is 2.36. The van der Waals surface area contributed by atoms with Crippen LogP contribution in [-0.4, -0.2) is 129 Å². The molecular weight excluding hydrogens is 993 g/mol. The van der Waals surface area contributed by atoms with Crippen molar-refractivity contribution >= 4 is 19.7 Å². The summed E-state index contributed by atoms with van der Waals surface area (Å²) in [7, 11) is 1.37. The predicted molar refractivity (Wildman–Crippen MR) is 273 cm³/mol. The van der Waals surface area contributed by atoms with Crippen molar-refractivity contribution in [1.82, 2.24) is 59.4 Å².